The SMILES string of the molecule is Nc1cc(C(=O)Nc2ccccc2N2CCOCC2)ccn1. The second kappa shape index (κ2) is 6.44. The lowest BCUT2D eigenvalue weighted by molar-refractivity contribution is 0.102. The Morgan fingerprint density at radius 2 is 2.00 bits per heavy atom. The first kappa shape index (κ1) is 14.3. The molecule has 1 aromatic heterocycles. The van der Waals surface area contributed by atoms with E-state index in [0.717, 1.165) is 24.5 Å². The fourth-order valence-electron chi connectivity index (χ4n) is 2.44. The summed E-state index contributed by atoms with van der Waals surface area (Å²) in [5, 5.41) is 2.95. The average Bonchev–Trinajstić information content (AvgIpc) is 2.56. The lowest BCUT2D eigenvalue weighted by atomic mass is 10.2. The monoisotopic (exact) mass is 298 g/mol. The Hall–Kier alpha value is -2.60. The molecule has 1 fully saturated rings. The normalized spacial score (nSPS) is 14.6. The van der Waals surface area contributed by atoms with E-state index in [-0.39, 0.29) is 5.91 Å². The maximum Gasteiger partial charge on any atom is 0.255 e. The van der Waals surface area contributed by atoms with Gasteiger partial charge in [0.05, 0.1) is 24.6 Å². The molecule has 0 aliphatic carbocycles. The first-order chi connectivity index (χ1) is 10.7. The van der Waals surface area contributed by atoms with Gasteiger partial charge in [-0.3, -0.25) is 4.79 Å². The Bertz CT molecular complexity index is 669. The van der Waals surface area contributed by atoms with Gasteiger partial charge >= 0.3 is 0 Å². The van der Waals surface area contributed by atoms with Crippen molar-refractivity contribution in [3.63, 3.8) is 0 Å². The van der Waals surface area contributed by atoms with Crippen molar-refractivity contribution in [3.05, 3.63) is 48.2 Å². The first-order valence-electron chi connectivity index (χ1n) is 7.18. The summed E-state index contributed by atoms with van der Waals surface area (Å²) in [6.07, 6.45) is 1.53. The number of nitrogen functional groups attached to an aromatic ring is 1. The van der Waals surface area contributed by atoms with Crippen LogP contribution in [-0.4, -0.2) is 37.2 Å². The minimum atomic E-state index is -0.199. The largest absolute Gasteiger partial charge is 0.384 e. The quantitative estimate of drug-likeness (QED) is 0.902. The number of hydrogen-bond donors (Lipinski definition) is 2. The molecule has 0 radical (unpaired) electrons. The van der Waals surface area contributed by atoms with Crippen LogP contribution in [0.3, 0.4) is 0 Å². The molecule has 22 heavy (non-hydrogen) atoms. The van der Waals surface area contributed by atoms with Crippen LogP contribution >= 0.6 is 0 Å². The van der Waals surface area contributed by atoms with Gasteiger partial charge in [-0.05, 0) is 24.3 Å². The third-order valence-corrected chi connectivity index (χ3v) is 3.55. The van der Waals surface area contributed by atoms with E-state index >= 15 is 0 Å². The number of anilines is 3. The molecule has 1 amide bonds. The molecular weight excluding hydrogens is 280 g/mol. The van der Waals surface area contributed by atoms with E-state index in [0.29, 0.717) is 24.6 Å². The molecule has 0 atom stereocenters. The predicted octanol–water partition coefficient (Wildman–Crippen LogP) is 1.75. The van der Waals surface area contributed by atoms with Crippen LogP contribution in [0.25, 0.3) is 0 Å². The van der Waals surface area contributed by atoms with Crippen LogP contribution in [0.15, 0.2) is 42.6 Å². The number of morpholine rings is 1. The van der Waals surface area contributed by atoms with E-state index in [1.807, 2.05) is 24.3 Å². The number of amides is 1. The molecule has 2 heterocycles. The summed E-state index contributed by atoms with van der Waals surface area (Å²) in [5.74, 6) is 0.129. The van der Waals surface area contributed by atoms with Crippen LogP contribution in [0, 0.1) is 0 Å². The predicted molar refractivity (Wildman–Crippen MR) is 86.1 cm³/mol. The minimum absolute atomic E-state index is 0.199. The molecule has 0 saturated carbocycles. The standard InChI is InChI=1S/C16H18N4O2/c17-15-11-12(5-6-18-15)16(21)19-13-3-1-2-4-14(13)20-7-9-22-10-8-20/h1-6,11H,7-10H2,(H2,17,18)(H,19,21). The van der Waals surface area contributed by atoms with Gasteiger partial charge in [-0.1, -0.05) is 12.1 Å². The van der Waals surface area contributed by atoms with E-state index in [9.17, 15) is 4.79 Å². The first-order valence-corrected chi connectivity index (χ1v) is 7.18. The molecule has 1 saturated heterocycles. The Balaban J connectivity index is 1.81. The second-order valence-corrected chi connectivity index (χ2v) is 5.04. The number of carbonyl (C=O) groups is 1. The van der Waals surface area contributed by atoms with Crippen LogP contribution < -0.4 is 16.0 Å². The van der Waals surface area contributed by atoms with Crippen molar-refractivity contribution in [3.8, 4) is 0 Å². The lowest BCUT2D eigenvalue weighted by Crippen LogP contribution is -2.36. The molecule has 1 aliphatic rings. The van der Waals surface area contributed by atoms with E-state index < -0.39 is 0 Å². The summed E-state index contributed by atoms with van der Waals surface area (Å²) < 4.78 is 5.37. The van der Waals surface area contributed by atoms with Crippen LogP contribution in [0.1, 0.15) is 10.4 Å². The van der Waals surface area contributed by atoms with Gasteiger partial charge in [0.15, 0.2) is 0 Å². The smallest absolute Gasteiger partial charge is 0.255 e. The van der Waals surface area contributed by atoms with E-state index in [1.165, 1.54) is 6.20 Å². The van der Waals surface area contributed by atoms with Gasteiger partial charge in [-0.2, -0.15) is 0 Å². The van der Waals surface area contributed by atoms with Crippen molar-refractivity contribution in [2.75, 3.05) is 42.3 Å². The number of nitrogens with one attached hydrogen (secondary N) is 1. The molecule has 0 unspecified atom stereocenters. The van der Waals surface area contributed by atoms with Gasteiger partial charge in [0.1, 0.15) is 5.82 Å². The number of ether oxygens (including phenoxy) is 1. The van der Waals surface area contributed by atoms with Gasteiger partial charge in [0.2, 0.25) is 0 Å². The number of carbonyl (C=O) groups excluding carboxylic acids is 1. The third kappa shape index (κ3) is 3.17. The van der Waals surface area contributed by atoms with Crippen LogP contribution in [0.2, 0.25) is 0 Å². The zero-order valence-electron chi connectivity index (χ0n) is 12.2. The highest BCUT2D eigenvalue weighted by Gasteiger charge is 2.16. The number of hydrogen-bond acceptors (Lipinski definition) is 5. The number of rotatable bonds is 3. The molecule has 3 rings (SSSR count). The molecule has 0 bridgehead atoms. The maximum absolute atomic E-state index is 12.4. The zero-order valence-corrected chi connectivity index (χ0v) is 12.2. The van der Waals surface area contributed by atoms with Crippen molar-refractivity contribution >= 4 is 23.1 Å². The molecule has 114 valence electrons. The van der Waals surface area contributed by atoms with E-state index in [4.69, 9.17) is 10.5 Å². The molecule has 6 heteroatoms. The molecule has 2 aromatic rings. The Morgan fingerprint density at radius 1 is 1.23 bits per heavy atom. The molecule has 3 N–H and O–H groups in total. The molecular formula is C16H18N4O2. The number of aromatic nitrogens is 1. The van der Waals surface area contributed by atoms with E-state index in [2.05, 4.69) is 15.2 Å². The highest BCUT2D eigenvalue weighted by molar-refractivity contribution is 6.06. The topological polar surface area (TPSA) is 80.5 Å². The second-order valence-electron chi connectivity index (χ2n) is 5.04. The average molecular weight is 298 g/mol. The Kier molecular flexibility index (Phi) is 4.20. The van der Waals surface area contributed by atoms with Crippen molar-refractivity contribution < 1.29 is 9.53 Å². The highest BCUT2D eigenvalue weighted by Crippen LogP contribution is 2.26. The Labute approximate surface area is 128 Å². The van der Waals surface area contributed by atoms with Crippen molar-refractivity contribution in [1.82, 2.24) is 4.98 Å². The summed E-state index contributed by atoms with van der Waals surface area (Å²) in [6, 6.07) is 11.0. The number of benzene rings is 1. The van der Waals surface area contributed by atoms with Gasteiger partial charge in [-0.25, -0.2) is 4.98 Å². The van der Waals surface area contributed by atoms with E-state index in [1.54, 1.807) is 12.1 Å². The number of pyridine rings is 1. The van der Waals surface area contributed by atoms with Crippen molar-refractivity contribution in [2.24, 2.45) is 0 Å². The van der Waals surface area contributed by atoms with Gasteiger partial charge in [0.25, 0.3) is 5.91 Å². The number of nitrogens with two attached hydrogens (primary N) is 1. The third-order valence-electron chi connectivity index (χ3n) is 3.55. The van der Waals surface area contributed by atoms with Crippen LogP contribution in [0.5, 0.6) is 0 Å². The molecule has 0 spiro atoms. The molecule has 6 nitrogen and oxygen atoms in total. The highest BCUT2D eigenvalue weighted by atomic mass is 16.5. The summed E-state index contributed by atoms with van der Waals surface area (Å²) >= 11 is 0. The van der Waals surface area contributed by atoms with Crippen LogP contribution in [0.4, 0.5) is 17.2 Å². The summed E-state index contributed by atoms with van der Waals surface area (Å²) in [4.78, 5) is 18.5. The number of para-hydroxylation sites is 2. The Morgan fingerprint density at radius 3 is 2.77 bits per heavy atom. The molecule has 1 aliphatic heterocycles. The summed E-state index contributed by atoms with van der Waals surface area (Å²) in [5.41, 5.74) is 7.90. The number of nitrogens with zero attached hydrogens (tertiary/aromatic N) is 2. The summed E-state index contributed by atoms with van der Waals surface area (Å²) in [7, 11) is 0. The fraction of sp³-hybridized carbons (Fsp3) is 0.250. The summed E-state index contributed by atoms with van der Waals surface area (Å²) in [6.45, 7) is 3.02. The minimum Gasteiger partial charge on any atom is -0.384 e. The van der Waals surface area contributed by atoms with Crippen molar-refractivity contribution in [1.29, 1.82) is 0 Å². The van der Waals surface area contributed by atoms with Gasteiger partial charge < -0.3 is 20.7 Å². The maximum atomic E-state index is 12.4. The van der Waals surface area contributed by atoms with Gasteiger partial charge in [0, 0.05) is 24.8 Å². The van der Waals surface area contributed by atoms with Crippen molar-refractivity contribution in [2.45, 2.75) is 0 Å². The van der Waals surface area contributed by atoms with Gasteiger partial charge in [-0.15, -0.1) is 0 Å². The zero-order chi connectivity index (χ0) is 15.4. The fourth-order valence-corrected chi connectivity index (χ4v) is 2.44. The lowest BCUT2D eigenvalue weighted by Gasteiger charge is -2.30. The van der Waals surface area contributed by atoms with Crippen LogP contribution in [-0.2, 0) is 4.74 Å². The molecule has 1 aromatic carbocycles.